The zero-order valence-corrected chi connectivity index (χ0v) is 12.3. The second-order valence-electron chi connectivity index (χ2n) is 7.20. The summed E-state index contributed by atoms with van der Waals surface area (Å²) in [6.07, 6.45) is 0.116. The fourth-order valence-electron chi connectivity index (χ4n) is 1.96. The second-order valence-corrected chi connectivity index (χ2v) is 7.20. The van der Waals surface area contributed by atoms with Crippen LogP contribution in [0.15, 0.2) is 18.2 Å². The van der Waals surface area contributed by atoms with Crippen molar-refractivity contribution in [1.29, 1.82) is 0 Å². The molecule has 0 aromatic heterocycles. The molecule has 0 saturated heterocycles. The minimum Gasteiger partial charge on any atom is -0.486 e. The summed E-state index contributed by atoms with van der Waals surface area (Å²) in [6, 6.07) is 6.27. The van der Waals surface area contributed by atoms with E-state index in [1.165, 1.54) is 5.56 Å². The van der Waals surface area contributed by atoms with Gasteiger partial charge in [0.2, 0.25) is 0 Å². The SMILES string of the molecule is CC(C)(C)c1ccc2c(c1)OCC(C(C)(C)C)O2. The molecule has 1 aromatic carbocycles. The van der Waals surface area contributed by atoms with Crippen molar-refractivity contribution < 1.29 is 9.47 Å². The highest BCUT2D eigenvalue weighted by Gasteiger charge is 2.32. The van der Waals surface area contributed by atoms with Gasteiger partial charge >= 0.3 is 0 Å². The highest BCUT2D eigenvalue weighted by Crippen LogP contribution is 2.38. The lowest BCUT2D eigenvalue weighted by atomic mass is 9.86. The lowest BCUT2D eigenvalue weighted by Crippen LogP contribution is -2.40. The molecular weight excluding hydrogens is 224 g/mol. The van der Waals surface area contributed by atoms with Crippen LogP contribution in [-0.2, 0) is 5.41 Å². The van der Waals surface area contributed by atoms with Gasteiger partial charge in [0.15, 0.2) is 11.5 Å². The van der Waals surface area contributed by atoms with E-state index in [-0.39, 0.29) is 16.9 Å². The molecule has 0 bridgehead atoms. The number of benzene rings is 1. The summed E-state index contributed by atoms with van der Waals surface area (Å²) in [5.41, 5.74) is 1.51. The summed E-state index contributed by atoms with van der Waals surface area (Å²) in [5, 5.41) is 0. The van der Waals surface area contributed by atoms with Crippen LogP contribution in [0.25, 0.3) is 0 Å². The molecule has 1 aliphatic rings. The molecule has 1 aromatic rings. The fourth-order valence-corrected chi connectivity index (χ4v) is 1.96. The summed E-state index contributed by atoms with van der Waals surface area (Å²) >= 11 is 0. The Morgan fingerprint density at radius 2 is 1.67 bits per heavy atom. The first-order chi connectivity index (χ1) is 8.18. The second kappa shape index (κ2) is 4.18. The van der Waals surface area contributed by atoms with Gasteiger partial charge in [-0.25, -0.2) is 0 Å². The van der Waals surface area contributed by atoms with Gasteiger partial charge in [0.1, 0.15) is 12.7 Å². The average molecular weight is 248 g/mol. The van der Waals surface area contributed by atoms with Crippen LogP contribution >= 0.6 is 0 Å². The van der Waals surface area contributed by atoms with E-state index in [0.717, 1.165) is 11.5 Å². The number of hydrogen-bond acceptors (Lipinski definition) is 2. The van der Waals surface area contributed by atoms with Gasteiger partial charge in [0.25, 0.3) is 0 Å². The molecule has 1 aliphatic heterocycles. The Balaban J connectivity index is 2.27. The van der Waals surface area contributed by atoms with E-state index in [1.54, 1.807) is 0 Å². The van der Waals surface area contributed by atoms with E-state index in [1.807, 2.05) is 6.07 Å². The van der Waals surface area contributed by atoms with Gasteiger partial charge < -0.3 is 9.47 Å². The van der Waals surface area contributed by atoms with Crippen LogP contribution in [0.2, 0.25) is 0 Å². The largest absolute Gasteiger partial charge is 0.486 e. The zero-order chi connectivity index (χ0) is 13.6. The molecule has 0 spiro atoms. The Bertz CT molecular complexity index is 435. The van der Waals surface area contributed by atoms with E-state index in [2.05, 4.69) is 53.7 Å². The van der Waals surface area contributed by atoms with Gasteiger partial charge in [-0.05, 0) is 23.1 Å². The number of ether oxygens (including phenoxy) is 2. The zero-order valence-electron chi connectivity index (χ0n) is 12.3. The normalized spacial score (nSPS) is 19.8. The third-order valence-corrected chi connectivity index (χ3v) is 3.44. The molecule has 1 heterocycles. The maximum absolute atomic E-state index is 6.04. The maximum atomic E-state index is 6.04. The molecule has 1 unspecified atom stereocenters. The van der Waals surface area contributed by atoms with Gasteiger partial charge in [-0.3, -0.25) is 0 Å². The first-order valence-corrected chi connectivity index (χ1v) is 6.62. The lowest BCUT2D eigenvalue weighted by Gasteiger charge is -2.35. The third-order valence-electron chi connectivity index (χ3n) is 3.44. The molecule has 100 valence electrons. The van der Waals surface area contributed by atoms with Crippen molar-refractivity contribution in [2.24, 2.45) is 5.41 Å². The topological polar surface area (TPSA) is 18.5 Å². The lowest BCUT2D eigenvalue weighted by molar-refractivity contribution is 0.0162. The van der Waals surface area contributed by atoms with Crippen LogP contribution in [-0.4, -0.2) is 12.7 Å². The quantitative estimate of drug-likeness (QED) is 0.686. The first kappa shape index (κ1) is 13.3. The minimum atomic E-state index is 0.0976. The Labute approximate surface area is 110 Å². The monoisotopic (exact) mass is 248 g/mol. The van der Waals surface area contributed by atoms with E-state index in [4.69, 9.17) is 9.47 Å². The molecule has 0 N–H and O–H groups in total. The van der Waals surface area contributed by atoms with Crippen LogP contribution in [0.5, 0.6) is 11.5 Å². The molecule has 0 aliphatic carbocycles. The van der Waals surface area contributed by atoms with Crippen molar-refractivity contribution in [3.8, 4) is 11.5 Å². The molecule has 0 radical (unpaired) electrons. The first-order valence-electron chi connectivity index (χ1n) is 6.62. The van der Waals surface area contributed by atoms with Crippen molar-refractivity contribution in [1.82, 2.24) is 0 Å². The smallest absolute Gasteiger partial charge is 0.161 e. The van der Waals surface area contributed by atoms with E-state index in [0.29, 0.717) is 6.61 Å². The minimum absolute atomic E-state index is 0.0976. The third kappa shape index (κ3) is 2.63. The molecule has 2 heteroatoms. The molecule has 2 nitrogen and oxygen atoms in total. The molecule has 0 saturated carbocycles. The van der Waals surface area contributed by atoms with Crippen molar-refractivity contribution in [2.45, 2.75) is 53.1 Å². The Kier molecular flexibility index (Phi) is 3.08. The summed E-state index contributed by atoms with van der Waals surface area (Å²) in [7, 11) is 0. The summed E-state index contributed by atoms with van der Waals surface area (Å²) in [5.74, 6) is 1.75. The van der Waals surface area contributed by atoms with Crippen LogP contribution in [0, 0.1) is 5.41 Å². The standard InChI is InChI=1S/C16H24O2/c1-15(2,3)11-7-8-12-13(9-11)17-10-14(18-12)16(4,5)6/h7-9,14H,10H2,1-6H3. The van der Waals surface area contributed by atoms with Gasteiger partial charge in [-0.1, -0.05) is 47.6 Å². The Morgan fingerprint density at radius 1 is 1.00 bits per heavy atom. The summed E-state index contributed by atoms with van der Waals surface area (Å²) in [6.45, 7) is 13.8. The van der Waals surface area contributed by atoms with Crippen molar-refractivity contribution >= 4 is 0 Å². The van der Waals surface area contributed by atoms with Crippen LogP contribution in [0.3, 0.4) is 0 Å². The number of rotatable bonds is 0. The van der Waals surface area contributed by atoms with Gasteiger partial charge in [-0.15, -0.1) is 0 Å². The maximum Gasteiger partial charge on any atom is 0.161 e. The van der Waals surface area contributed by atoms with Crippen LogP contribution in [0.1, 0.15) is 47.1 Å². The molecule has 18 heavy (non-hydrogen) atoms. The number of hydrogen-bond donors (Lipinski definition) is 0. The van der Waals surface area contributed by atoms with E-state index >= 15 is 0 Å². The fraction of sp³-hybridized carbons (Fsp3) is 0.625. The van der Waals surface area contributed by atoms with Crippen LogP contribution in [0.4, 0.5) is 0 Å². The predicted octanol–water partition coefficient (Wildman–Crippen LogP) is 4.17. The van der Waals surface area contributed by atoms with Crippen LogP contribution < -0.4 is 9.47 Å². The summed E-state index contributed by atoms with van der Waals surface area (Å²) in [4.78, 5) is 0. The van der Waals surface area contributed by atoms with E-state index < -0.39 is 0 Å². The highest BCUT2D eigenvalue weighted by molar-refractivity contribution is 5.45. The van der Waals surface area contributed by atoms with Gasteiger partial charge in [0, 0.05) is 5.41 Å². The Hall–Kier alpha value is -1.18. The van der Waals surface area contributed by atoms with Crippen molar-refractivity contribution in [3.63, 3.8) is 0 Å². The molecule has 2 rings (SSSR count). The van der Waals surface area contributed by atoms with Gasteiger partial charge in [-0.2, -0.15) is 0 Å². The Morgan fingerprint density at radius 3 is 2.22 bits per heavy atom. The molecule has 1 atom stereocenters. The molecule has 0 amide bonds. The molecule has 0 fully saturated rings. The predicted molar refractivity (Wildman–Crippen MR) is 74.5 cm³/mol. The number of fused-ring (bicyclic) bond motifs is 1. The van der Waals surface area contributed by atoms with Crippen molar-refractivity contribution in [3.05, 3.63) is 23.8 Å². The van der Waals surface area contributed by atoms with Crippen molar-refractivity contribution in [2.75, 3.05) is 6.61 Å². The van der Waals surface area contributed by atoms with E-state index in [9.17, 15) is 0 Å². The highest BCUT2D eigenvalue weighted by atomic mass is 16.6. The molecular formula is C16H24O2. The average Bonchev–Trinajstić information content (AvgIpc) is 2.25. The van der Waals surface area contributed by atoms with Gasteiger partial charge in [0.05, 0.1) is 0 Å². The summed E-state index contributed by atoms with van der Waals surface area (Å²) < 4.78 is 11.9.